The highest BCUT2D eigenvalue weighted by molar-refractivity contribution is 8.93. The molecule has 2 heterocycles. The topological polar surface area (TPSA) is 39.2 Å². The number of carbonyl (C=O) groups excluding carboxylic acids is 1. The van der Waals surface area contributed by atoms with E-state index >= 15 is 0 Å². The standard InChI is InChI=1S/C7H5NO2.BrH/c9-6-4-10-7-1-2-8-3-5(6)7;/h1-3H,4H2;1H. The lowest BCUT2D eigenvalue weighted by molar-refractivity contribution is 0.0961. The van der Waals surface area contributed by atoms with Crippen molar-refractivity contribution in [1.29, 1.82) is 0 Å². The zero-order valence-corrected chi connectivity index (χ0v) is 7.32. The Morgan fingerprint density at radius 3 is 3.09 bits per heavy atom. The Morgan fingerprint density at radius 2 is 2.36 bits per heavy atom. The van der Waals surface area contributed by atoms with Gasteiger partial charge in [0.15, 0.2) is 6.61 Å². The lowest BCUT2D eigenvalue weighted by atomic mass is 10.2. The Morgan fingerprint density at radius 1 is 1.55 bits per heavy atom. The molecule has 2 rings (SSSR count). The van der Waals surface area contributed by atoms with Gasteiger partial charge in [-0.3, -0.25) is 9.78 Å². The van der Waals surface area contributed by atoms with Crippen LogP contribution in [0.2, 0.25) is 0 Å². The third kappa shape index (κ3) is 1.26. The molecule has 0 aromatic carbocycles. The summed E-state index contributed by atoms with van der Waals surface area (Å²) in [6.07, 6.45) is 3.14. The Kier molecular flexibility index (Phi) is 2.24. The largest absolute Gasteiger partial charge is 0.485 e. The first-order valence-corrected chi connectivity index (χ1v) is 2.98. The number of carbonyl (C=O) groups is 1. The van der Waals surface area contributed by atoms with Crippen molar-refractivity contribution < 1.29 is 9.53 Å². The predicted molar refractivity (Wildman–Crippen MR) is 44.4 cm³/mol. The van der Waals surface area contributed by atoms with E-state index in [1.54, 1.807) is 12.3 Å². The molecule has 0 N–H and O–H groups in total. The lowest BCUT2D eigenvalue weighted by Gasteiger charge is -1.91. The van der Waals surface area contributed by atoms with Crippen LogP contribution in [0.5, 0.6) is 5.75 Å². The molecular weight excluding hydrogens is 210 g/mol. The molecule has 0 saturated carbocycles. The minimum Gasteiger partial charge on any atom is -0.485 e. The van der Waals surface area contributed by atoms with E-state index in [4.69, 9.17) is 4.74 Å². The number of pyridine rings is 1. The monoisotopic (exact) mass is 215 g/mol. The van der Waals surface area contributed by atoms with E-state index in [0.717, 1.165) is 0 Å². The smallest absolute Gasteiger partial charge is 0.205 e. The average Bonchev–Trinajstić information content (AvgIpc) is 2.34. The Hall–Kier alpha value is -0.900. The summed E-state index contributed by atoms with van der Waals surface area (Å²) in [5.74, 6) is 0.670. The first kappa shape index (κ1) is 8.20. The van der Waals surface area contributed by atoms with Gasteiger partial charge in [0.2, 0.25) is 5.78 Å². The van der Waals surface area contributed by atoms with Gasteiger partial charge in [-0.05, 0) is 6.07 Å². The van der Waals surface area contributed by atoms with Gasteiger partial charge in [-0.2, -0.15) is 0 Å². The molecule has 0 bridgehead atoms. The summed E-state index contributed by atoms with van der Waals surface area (Å²) >= 11 is 0. The summed E-state index contributed by atoms with van der Waals surface area (Å²) < 4.78 is 5.02. The van der Waals surface area contributed by atoms with Gasteiger partial charge in [-0.1, -0.05) is 0 Å². The molecule has 0 fully saturated rings. The van der Waals surface area contributed by atoms with Crippen LogP contribution in [-0.4, -0.2) is 17.4 Å². The molecule has 0 amide bonds. The number of rotatable bonds is 0. The van der Waals surface area contributed by atoms with Crippen LogP contribution < -0.4 is 4.74 Å². The Labute approximate surface area is 74.2 Å². The number of halogens is 1. The lowest BCUT2D eigenvalue weighted by Crippen LogP contribution is -1.98. The number of hydrogen-bond donors (Lipinski definition) is 0. The molecule has 3 nitrogen and oxygen atoms in total. The molecule has 58 valence electrons. The van der Waals surface area contributed by atoms with Crippen molar-refractivity contribution in [2.75, 3.05) is 6.61 Å². The molecule has 1 aromatic heterocycles. The van der Waals surface area contributed by atoms with Crippen LogP contribution in [0.25, 0.3) is 0 Å². The molecule has 1 aliphatic heterocycles. The Balaban J connectivity index is 0.000000605. The summed E-state index contributed by atoms with van der Waals surface area (Å²) in [6.45, 7) is 0.168. The van der Waals surface area contributed by atoms with Gasteiger partial charge in [0.05, 0.1) is 5.56 Å². The third-order valence-electron chi connectivity index (χ3n) is 1.44. The van der Waals surface area contributed by atoms with Crippen LogP contribution in [0, 0.1) is 0 Å². The zero-order valence-electron chi connectivity index (χ0n) is 5.61. The van der Waals surface area contributed by atoms with Gasteiger partial charge in [0.1, 0.15) is 5.75 Å². The van der Waals surface area contributed by atoms with Crippen molar-refractivity contribution in [3.05, 3.63) is 24.0 Å². The van der Waals surface area contributed by atoms with Crippen molar-refractivity contribution in [2.45, 2.75) is 0 Å². The molecule has 11 heavy (non-hydrogen) atoms. The maximum atomic E-state index is 10.9. The Bertz CT molecular complexity index is 288. The SMILES string of the molecule is Br.O=C1COc2ccncc21. The molecular formula is C7H6BrNO2. The van der Waals surface area contributed by atoms with Gasteiger partial charge in [0, 0.05) is 12.4 Å². The van der Waals surface area contributed by atoms with Crippen LogP contribution in [-0.2, 0) is 0 Å². The van der Waals surface area contributed by atoms with Crippen molar-refractivity contribution in [1.82, 2.24) is 4.98 Å². The van der Waals surface area contributed by atoms with Crippen LogP contribution >= 0.6 is 17.0 Å². The van der Waals surface area contributed by atoms with Crippen molar-refractivity contribution in [3.8, 4) is 5.75 Å². The second kappa shape index (κ2) is 3.00. The van der Waals surface area contributed by atoms with E-state index in [1.165, 1.54) is 6.20 Å². The van der Waals surface area contributed by atoms with E-state index < -0.39 is 0 Å². The number of fused-ring (bicyclic) bond motifs is 1. The number of Topliss-reactive ketones (excluding diaryl/α,β-unsaturated/α-hetero) is 1. The molecule has 0 aliphatic carbocycles. The fourth-order valence-electron chi connectivity index (χ4n) is 0.938. The highest BCUT2D eigenvalue weighted by Gasteiger charge is 2.19. The predicted octanol–water partition coefficient (Wildman–Crippen LogP) is 1.23. The second-order valence-corrected chi connectivity index (χ2v) is 2.08. The normalized spacial score (nSPS) is 13.3. The third-order valence-corrected chi connectivity index (χ3v) is 1.44. The minimum atomic E-state index is 0. The first-order chi connectivity index (χ1) is 4.88. The highest BCUT2D eigenvalue weighted by Crippen LogP contribution is 2.22. The van der Waals surface area contributed by atoms with E-state index in [2.05, 4.69) is 4.98 Å². The fourth-order valence-corrected chi connectivity index (χ4v) is 0.938. The highest BCUT2D eigenvalue weighted by atomic mass is 79.9. The van der Waals surface area contributed by atoms with Crippen molar-refractivity contribution in [3.63, 3.8) is 0 Å². The summed E-state index contributed by atoms with van der Waals surface area (Å²) in [4.78, 5) is 14.7. The summed E-state index contributed by atoms with van der Waals surface area (Å²) in [5, 5.41) is 0. The van der Waals surface area contributed by atoms with Gasteiger partial charge >= 0.3 is 0 Å². The average molecular weight is 216 g/mol. The maximum Gasteiger partial charge on any atom is 0.205 e. The van der Waals surface area contributed by atoms with Gasteiger partial charge in [-0.15, -0.1) is 17.0 Å². The van der Waals surface area contributed by atoms with Gasteiger partial charge in [-0.25, -0.2) is 0 Å². The van der Waals surface area contributed by atoms with Crippen LogP contribution in [0.1, 0.15) is 10.4 Å². The van der Waals surface area contributed by atoms with Crippen molar-refractivity contribution in [2.24, 2.45) is 0 Å². The van der Waals surface area contributed by atoms with Crippen LogP contribution in [0.3, 0.4) is 0 Å². The molecule has 4 heteroatoms. The summed E-state index contributed by atoms with van der Waals surface area (Å²) in [7, 11) is 0. The molecule has 0 radical (unpaired) electrons. The molecule has 1 aliphatic rings. The van der Waals surface area contributed by atoms with E-state index in [0.29, 0.717) is 11.3 Å². The van der Waals surface area contributed by atoms with Crippen molar-refractivity contribution >= 4 is 22.8 Å². The fraction of sp³-hybridized carbons (Fsp3) is 0.143. The first-order valence-electron chi connectivity index (χ1n) is 2.98. The van der Waals surface area contributed by atoms with E-state index in [-0.39, 0.29) is 29.4 Å². The molecule has 0 unspecified atom stereocenters. The number of aromatic nitrogens is 1. The number of hydrogen-bond acceptors (Lipinski definition) is 3. The van der Waals surface area contributed by atoms with E-state index in [1.807, 2.05) is 0 Å². The number of ketones is 1. The van der Waals surface area contributed by atoms with E-state index in [9.17, 15) is 4.79 Å². The quantitative estimate of drug-likeness (QED) is 0.654. The summed E-state index contributed by atoms with van der Waals surface area (Å²) in [5.41, 5.74) is 0.600. The number of ether oxygens (including phenoxy) is 1. The number of nitrogens with zero attached hydrogens (tertiary/aromatic N) is 1. The van der Waals surface area contributed by atoms with Crippen LogP contribution in [0.15, 0.2) is 18.5 Å². The molecule has 0 atom stereocenters. The minimum absolute atomic E-state index is 0. The maximum absolute atomic E-state index is 10.9. The zero-order chi connectivity index (χ0) is 6.97. The molecule has 0 saturated heterocycles. The summed E-state index contributed by atoms with van der Waals surface area (Å²) in [6, 6.07) is 1.69. The molecule has 0 spiro atoms. The second-order valence-electron chi connectivity index (χ2n) is 2.08. The molecule has 1 aromatic rings. The van der Waals surface area contributed by atoms with Gasteiger partial charge in [0.25, 0.3) is 0 Å². The van der Waals surface area contributed by atoms with Gasteiger partial charge < -0.3 is 4.74 Å². The van der Waals surface area contributed by atoms with Crippen LogP contribution in [0.4, 0.5) is 0 Å².